The minimum atomic E-state index is -0.898. The van der Waals surface area contributed by atoms with Crippen molar-refractivity contribution in [1.82, 2.24) is 4.98 Å². The molecular weight excluding hydrogens is 212 g/mol. The van der Waals surface area contributed by atoms with Gasteiger partial charge >= 0.3 is 0 Å². The number of rotatable bonds is 4. The summed E-state index contributed by atoms with van der Waals surface area (Å²) in [5.41, 5.74) is 5.58. The van der Waals surface area contributed by atoms with Crippen LogP contribution in [0.3, 0.4) is 0 Å². The van der Waals surface area contributed by atoms with Crippen molar-refractivity contribution in [3.05, 3.63) is 29.0 Å². The zero-order valence-electron chi connectivity index (χ0n) is 9.07. The standard InChI is InChI=1S/C11H17ClN2O/c1-8(2)11(15,7-13)5-9-3-4-14-6-10(9)12/h3-4,6,8,15H,5,7,13H2,1-2H3. The number of hydrogen-bond acceptors (Lipinski definition) is 3. The Hall–Kier alpha value is -0.640. The van der Waals surface area contributed by atoms with Gasteiger partial charge < -0.3 is 10.8 Å². The first-order chi connectivity index (χ1) is 6.99. The molecule has 84 valence electrons. The molecule has 3 N–H and O–H groups in total. The van der Waals surface area contributed by atoms with Crippen molar-refractivity contribution >= 4 is 11.6 Å². The second-order valence-corrected chi connectivity index (χ2v) is 4.51. The van der Waals surface area contributed by atoms with E-state index in [-0.39, 0.29) is 12.5 Å². The Kier molecular flexibility index (Phi) is 4.08. The van der Waals surface area contributed by atoms with E-state index >= 15 is 0 Å². The molecule has 0 aliphatic heterocycles. The highest BCUT2D eigenvalue weighted by molar-refractivity contribution is 6.31. The van der Waals surface area contributed by atoms with Crippen molar-refractivity contribution in [3.63, 3.8) is 0 Å². The lowest BCUT2D eigenvalue weighted by Crippen LogP contribution is -2.44. The summed E-state index contributed by atoms with van der Waals surface area (Å²) in [5, 5.41) is 10.8. The zero-order chi connectivity index (χ0) is 11.5. The fourth-order valence-electron chi connectivity index (χ4n) is 1.39. The first-order valence-electron chi connectivity index (χ1n) is 5.00. The smallest absolute Gasteiger partial charge is 0.0832 e. The summed E-state index contributed by atoms with van der Waals surface area (Å²) in [5.74, 6) is 0.0896. The molecule has 3 nitrogen and oxygen atoms in total. The maximum Gasteiger partial charge on any atom is 0.0832 e. The van der Waals surface area contributed by atoms with E-state index in [0.717, 1.165) is 5.56 Å². The lowest BCUT2D eigenvalue weighted by atomic mass is 9.84. The average Bonchev–Trinajstić information content (AvgIpc) is 2.21. The highest BCUT2D eigenvalue weighted by atomic mass is 35.5. The van der Waals surface area contributed by atoms with Gasteiger partial charge in [-0.3, -0.25) is 4.98 Å². The molecular formula is C11H17ClN2O. The normalized spacial score (nSPS) is 15.3. The van der Waals surface area contributed by atoms with Gasteiger partial charge in [-0.2, -0.15) is 0 Å². The van der Waals surface area contributed by atoms with E-state index in [1.807, 2.05) is 19.9 Å². The van der Waals surface area contributed by atoms with E-state index < -0.39 is 5.60 Å². The predicted octanol–water partition coefficient (Wildman–Crippen LogP) is 1.62. The van der Waals surface area contributed by atoms with Crippen LogP contribution in [0, 0.1) is 5.92 Å². The predicted molar refractivity (Wildman–Crippen MR) is 61.8 cm³/mol. The number of halogens is 1. The third-order valence-electron chi connectivity index (χ3n) is 2.78. The van der Waals surface area contributed by atoms with Gasteiger partial charge in [0.15, 0.2) is 0 Å². The topological polar surface area (TPSA) is 59.1 Å². The summed E-state index contributed by atoms with van der Waals surface area (Å²) in [6.45, 7) is 4.12. The maximum absolute atomic E-state index is 10.3. The third-order valence-corrected chi connectivity index (χ3v) is 3.12. The van der Waals surface area contributed by atoms with E-state index in [4.69, 9.17) is 17.3 Å². The monoisotopic (exact) mass is 228 g/mol. The Balaban J connectivity index is 2.89. The van der Waals surface area contributed by atoms with E-state index in [0.29, 0.717) is 11.4 Å². The zero-order valence-corrected chi connectivity index (χ0v) is 9.83. The van der Waals surface area contributed by atoms with Crippen LogP contribution in [0.2, 0.25) is 5.02 Å². The average molecular weight is 229 g/mol. The first kappa shape index (κ1) is 12.4. The van der Waals surface area contributed by atoms with Gasteiger partial charge in [0, 0.05) is 25.4 Å². The largest absolute Gasteiger partial charge is 0.388 e. The third kappa shape index (κ3) is 2.91. The molecule has 0 saturated carbocycles. The van der Waals surface area contributed by atoms with Gasteiger partial charge in [0.25, 0.3) is 0 Å². The number of aliphatic hydroxyl groups is 1. The van der Waals surface area contributed by atoms with E-state index in [1.165, 1.54) is 0 Å². The van der Waals surface area contributed by atoms with Crippen LogP contribution in [-0.2, 0) is 6.42 Å². The van der Waals surface area contributed by atoms with Gasteiger partial charge in [0.1, 0.15) is 0 Å². The lowest BCUT2D eigenvalue weighted by molar-refractivity contribution is 0.00408. The van der Waals surface area contributed by atoms with Crippen molar-refractivity contribution in [2.24, 2.45) is 11.7 Å². The van der Waals surface area contributed by atoms with Crippen LogP contribution in [-0.4, -0.2) is 22.2 Å². The second kappa shape index (κ2) is 4.92. The SMILES string of the molecule is CC(C)C(O)(CN)Cc1ccncc1Cl. The quantitative estimate of drug-likeness (QED) is 0.824. The summed E-state index contributed by atoms with van der Waals surface area (Å²) < 4.78 is 0. The van der Waals surface area contributed by atoms with Crippen LogP contribution >= 0.6 is 11.6 Å². The molecule has 1 heterocycles. The molecule has 0 bridgehead atoms. The van der Waals surface area contributed by atoms with Crippen LogP contribution in [0.4, 0.5) is 0 Å². The molecule has 0 aromatic carbocycles. The molecule has 0 amide bonds. The van der Waals surface area contributed by atoms with Crippen LogP contribution in [0.15, 0.2) is 18.5 Å². The van der Waals surface area contributed by atoms with Gasteiger partial charge in [-0.1, -0.05) is 25.4 Å². The van der Waals surface area contributed by atoms with Crippen molar-refractivity contribution in [1.29, 1.82) is 0 Å². The summed E-state index contributed by atoms with van der Waals surface area (Å²) in [6, 6.07) is 1.81. The molecule has 0 saturated heterocycles. The number of hydrogen-bond donors (Lipinski definition) is 2. The molecule has 4 heteroatoms. The van der Waals surface area contributed by atoms with Gasteiger partial charge in [-0.15, -0.1) is 0 Å². The molecule has 0 aliphatic carbocycles. The van der Waals surface area contributed by atoms with Crippen LogP contribution in [0.25, 0.3) is 0 Å². The Bertz CT molecular complexity index is 330. The summed E-state index contributed by atoms with van der Waals surface area (Å²) in [6.07, 6.45) is 3.70. The molecule has 15 heavy (non-hydrogen) atoms. The maximum atomic E-state index is 10.3. The van der Waals surface area contributed by atoms with Crippen molar-refractivity contribution in [2.75, 3.05) is 6.54 Å². The summed E-state index contributed by atoms with van der Waals surface area (Å²) in [4.78, 5) is 3.90. The number of aromatic nitrogens is 1. The fraction of sp³-hybridized carbons (Fsp3) is 0.545. The highest BCUT2D eigenvalue weighted by Crippen LogP contribution is 2.24. The van der Waals surface area contributed by atoms with Crippen molar-refractivity contribution in [2.45, 2.75) is 25.9 Å². The Labute approximate surface area is 95.3 Å². The van der Waals surface area contributed by atoms with Crippen molar-refractivity contribution in [3.8, 4) is 0 Å². The van der Waals surface area contributed by atoms with Gasteiger partial charge in [-0.05, 0) is 17.5 Å². The van der Waals surface area contributed by atoms with E-state index in [1.54, 1.807) is 12.4 Å². The minimum Gasteiger partial charge on any atom is -0.388 e. The Morgan fingerprint density at radius 2 is 2.27 bits per heavy atom. The molecule has 1 aromatic heterocycles. The van der Waals surface area contributed by atoms with E-state index in [2.05, 4.69) is 4.98 Å². The fourth-order valence-corrected chi connectivity index (χ4v) is 1.58. The molecule has 1 atom stereocenters. The molecule has 1 rings (SSSR count). The summed E-state index contributed by atoms with van der Waals surface area (Å²) >= 11 is 5.98. The molecule has 0 fully saturated rings. The summed E-state index contributed by atoms with van der Waals surface area (Å²) in [7, 11) is 0. The van der Waals surface area contributed by atoms with Crippen molar-refractivity contribution < 1.29 is 5.11 Å². The van der Waals surface area contributed by atoms with Crippen LogP contribution in [0.1, 0.15) is 19.4 Å². The molecule has 0 spiro atoms. The second-order valence-electron chi connectivity index (χ2n) is 4.11. The minimum absolute atomic E-state index is 0.0896. The molecule has 0 aliphatic rings. The Morgan fingerprint density at radius 1 is 1.60 bits per heavy atom. The number of pyridine rings is 1. The van der Waals surface area contributed by atoms with Crippen LogP contribution < -0.4 is 5.73 Å². The first-order valence-corrected chi connectivity index (χ1v) is 5.38. The van der Waals surface area contributed by atoms with E-state index in [9.17, 15) is 5.11 Å². The molecule has 1 unspecified atom stereocenters. The highest BCUT2D eigenvalue weighted by Gasteiger charge is 2.30. The van der Waals surface area contributed by atoms with Crippen LogP contribution in [0.5, 0.6) is 0 Å². The van der Waals surface area contributed by atoms with Gasteiger partial charge in [0.2, 0.25) is 0 Å². The number of nitrogens with zero attached hydrogens (tertiary/aromatic N) is 1. The van der Waals surface area contributed by atoms with Gasteiger partial charge in [-0.25, -0.2) is 0 Å². The lowest BCUT2D eigenvalue weighted by Gasteiger charge is -2.31. The van der Waals surface area contributed by atoms with Gasteiger partial charge in [0.05, 0.1) is 10.6 Å². The molecule has 0 radical (unpaired) electrons. The number of nitrogens with two attached hydrogens (primary N) is 1. The molecule has 1 aromatic rings. The Morgan fingerprint density at radius 3 is 2.73 bits per heavy atom.